The van der Waals surface area contributed by atoms with Crippen molar-refractivity contribution < 1.29 is 9.47 Å². The predicted octanol–water partition coefficient (Wildman–Crippen LogP) is 4.97. The molecule has 0 aliphatic rings. The second kappa shape index (κ2) is 9.64. The first-order chi connectivity index (χ1) is 13.6. The van der Waals surface area contributed by atoms with Gasteiger partial charge in [-0.15, -0.1) is 0 Å². The van der Waals surface area contributed by atoms with Crippen LogP contribution in [0.4, 0.5) is 5.69 Å². The summed E-state index contributed by atoms with van der Waals surface area (Å²) in [7, 11) is 2.12. The number of hydrogen-bond acceptors (Lipinski definition) is 3. The van der Waals surface area contributed by atoms with Crippen LogP contribution in [0.2, 0.25) is 0 Å². The molecule has 1 unspecified atom stereocenters. The molecule has 0 saturated carbocycles. The van der Waals surface area contributed by atoms with Crippen LogP contribution in [0.1, 0.15) is 22.3 Å². The molecular formula is C24H26NO2P. The Balaban J connectivity index is 1.98. The highest BCUT2D eigenvalue weighted by Gasteiger charge is 2.13. The van der Waals surface area contributed by atoms with Crippen LogP contribution < -0.4 is 15.3 Å². The molecule has 0 spiro atoms. The molecule has 3 nitrogen and oxygen atoms in total. The van der Waals surface area contributed by atoms with Gasteiger partial charge >= 0.3 is 0 Å². The molecule has 0 saturated heterocycles. The minimum atomic E-state index is 0.247. The Hall–Kier alpha value is -2.48. The summed E-state index contributed by atoms with van der Waals surface area (Å²) >= 11 is 0. The number of aryl methyl sites for hydroxylation is 3. The topological polar surface area (TPSA) is 30.8 Å². The maximum atomic E-state index is 5.90. The van der Waals surface area contributed by atoms with Gasteiger partial charge in [-0.05, 0) is 61.0 Å². The number of methoxy groups -OCH3 is 1. The van der Waals surface area contributed by atoms with Gasteiger partial charge in [0.05, 0.1) is 5.69 Å². The maximum Gasteiger partial charge on any atom is 0.188 e. The summed E-state index contributed by atoms with van der Waals surface area (Å²) in [6.07, 6.45) is 1.96. The first-order valence-electron chi connectivity index (χ1n) is 9.27. The SMILES string of the molecule is COCOc1c(C)cc(C)cc1Pc1c(C)cccc1/C=N/c1ccccc1. The predicted molar refractivity (Wildman–Crippen MR) is 121 cm³/mol. The van der Waals surface area contributed by atoms with E-state index in [0.29, 0.717) is 8.58 Å². The van der Waals surface area contributed by atoms with E-state index in [2.05, 4.69) is 56.1 Å². The van der Waals surface area contributed by atoms with E-state index in [4.69, 9.17) is 9.47 Å². The fourth-order valence-corrected chi connectivity index (χ4v) is 4.64. The molecule has 0 aliphatic heterocycles. The minimum absolute atomic E-state index is 0.247. The third-order valence-corrected chi connectivity index (χ3v) is 5.99. The van der Waals surface area contributed by atoms with E-state index in [1.54, 1.807) is 7.11 Å². The molecule has 0 heterocycles. The lowest BCUT2D eigenvalue weighted by Crippen LogP contribution is -2.16. The molecule has 4 heteroatoms. The summed E-state index contributed by atoms with van der Waals surface area (Å²) < 4.78 is 11.0. The number of ether oxygens (including phenoxy) is 2. The quantitative estimate of drug-likeness (QED) is 0.323. The molecule has 0 radical (unpaired) electrons. The van der Waals surface area contributed by atoms with Crippen LogP contribution in [0.3, 0.4) is 0 Å². The normalized spacial score (nSPS) is 11.6. The number of nitrogens with zero attached hydrogens (tertiary/aromatic N) is 1. The summed E-state index contributed by atoms with van der Waals surface area (Å²) in [4.78, 5) is 4.66. The first kappa shape index (κ1) is 20.3. The molecule has 0 fully saturated rings. The van der Waals surface area contributed by atoms with Gasteiger partial charge in [-0.3, -0.25) is 4.99 Å². The zero-order valence-electron chi connectivity index (χ0n) is 16.8. The van der Waals surface area contributed by atoms with Crippen LogP contribution in [0.5, 0.6) is 5.75 Å². The fraction of sp³-hybridized carbons (Fsp3) is 0.208. The lowest BCUT2D eigenvalue weighted by atomic mass is 10.1. The Bertz CT molecular complexity index is 968. The van der Waals surface area contributed by atoms with Crippen molar-refractivity contribution in [3.63, 3.8) is 0 Å². The molecule has 3 aromatic carbocycles. The molecule has 0 amide bonds. The van der Waals surface area contributed by atoms with E-state index in [9.17, 15) is 0 Å². The molecule has 0 aliphatic carbocycles. The third kappa shape index (κ3) is 5.07. The molecule has 3 rings (SSSR count). The van der Waals surface area contributed by atoms with Crippen molar-refractivity contribution in [3.05, 3.63) is 82.9 Å². The average Bonchev–Trinajstić information content (AvgIpc) is 2.68. The summed E-state index contributed by atoms with van der Waals surface area (Å²) in [5.74, 6) is 0.917. The van der Waals surface area contributed by atoms with Gasteiger partial charge in [0.1, 0.15) is 5.75 Å². The van der Waals surface area contributed by atoms with E-state index in [-0.39, 0.29) is 6.79 Å². The number of benzene rings is 3. The van der Waals surface area contributed by atoms with Gasteiger partial charge in [0.2, 0.25) is 0 Å². The van der Waals surface area contributed by atoms with Gasteiger partial charge < -0.3 is 9.47 Å². The smallest absolute Gasteiger partial charge is 0.188 e. The maximum absolute atomic E-state index is 5.90. The van der Waals surface area contributed by atoms with Gasteiger partial charge in [-0.1, -0.05) is 51.0 Å². The van der Waals surface area contributed by atoms with Gasteiger partial charge in [0, 0.05) is 24.2 Å². The monoisotopic (exact) mass is 391 g/mol. The second-order valence-corrected chi connectivity index (χ2v) is 8.06. The summed E-state index contributed by atoms with van der Waals surface area (Å²) in [6.45, 7) is 6.61. The Morgan fingerprint density at radius 1 is 0.929 bits per heavy atom. The molecule has 0 bridgehead atoms. The molecule has 3 aromatic rings. The van der Waals surface area contributed by atoms with E-state index >= 15 is 0 Å². The molecular weight excluding hydrogens is 365 g/mol. The Morgan fingerprint density at radius 2 is 1.71 bits per heavy atom. The summed E-state index contributed by atoms with van der Waals surface area (Å²) in [5, 5.41) is 2.48. The first-order valence-corrected chi connectivity index (χ1v) is 10.3. The zero-order chi connectivity index (χ0) is 19.9. The van der Waals surface area contributed by atoms with Crippen molar-refractivity contribution in [2.45, 2.75) is 20.8 Å². The number of rotatable bonds is 7. The van der Waals surface area contributed by atoms with Gasteiger partial charge in [0.25, 0.3) is 0 Å². The summed E-state index contributed by atoms with van der Waals surface area (Å²) in [6, 6.07) is 20.7. The Labute approximate surface area is 169 Å². The van der Waals surface area contributed by atoms with Crippen LogP contribution in [-0.2, 0) is 4.74 Å². The second-order valence-electron chi connectivity index (χ2n) is 6.77. The van der Waals surface area contributed by atoms with Gasteiger partial charge in [-0.25, -0.2) is 0 Å². The largest absolute Gasteiger partial charge is 0.467 e. The Morgan fingerprint density at radius 3 is 2.46 bits per heavy atom. The third-order valence-electron chi connectivity index (χ3n) is 4.41. The molecule has 28 heavy (non-hydrogen) atoms. The summed E-state index contributed by atoms with van der Waals surface area (Å²) in [5.41, 5.74) is 5.71. The van der Waals surface area contributed by atoms with E-state index < -0.39 is 0 Å². The van der Waals surface area contributed by atoms with Crippen molar-refractivity contribution in [3.8, 4) is 5.75 Å². The minimum Gasteiger partial charge on any atom is -0.467 e. The fourth-order valence-electron chi connectivity index (χ4n) is 3.12. The average molecular weight is 391 g/mol. The number of para-hydroxylation sites is 1. The molecule has 0 aromatic heterocycles. The van der Waals surface area contributed by atoms with Crippen molar-refractivity contribution >= 4 is 31.1 Å². The highest BCUT2D eigenvalue weighted by molar-refractivity contribution is 7.56. The van der Waals surface area contributed by atoms with Crippen molar-refractivity contribution in [2.75, 3.05) is 13.9 Å². The molecule has 0 N–H and O–H groups in total. The van der Waals surface area contributed by atoms with E-state index in [1.807, 2.05) is 36.5 Å². The lowest BCUT2D eigenvalue weighted by molar-refractivity contribution is 0.0514. The van der Waals surface area contributed by atoms with E-state index in [1.165, 1.54) is 21.7 Å². The highest BCUT2D eigenvalue weighted by Crippen LogP contribution is 2.27. The van der Waals surface area contributed by atoms with Crippen LogP contribution in [-0.4, -0.2) is 20.1 Å². The van der Waals surface area contributed by atoms with E-state index in [0.717, 1.165) is 22.6 Å². The van der Waals surface area contributed by atoms with Gasteiger partial charge in [0.15, 0.2) is 6.79 Å². The van der Waals surface area contributed by atoms with Crippen molar-refractivity contribution in [1.29, 1.82) is 0 Å². The molecule has 144 valence electrons. The molecule has 1 atom stereocenters. The van der Waals surface area contributed by atoms with Crippen LogP contribution in [0, 0.1) is 20.8 Å². The number of hydrogen-bond donors (Lipinski definition) is 0. The lowest BCUT2D eigenvalue weighted by Gasteiger charge is -2.17. The Kier molecular flexibility index (Phi) is 6.97. The van der Waals surface area contributed by atoms with Crippen molar-refractivity contribution in [1.82, 2.24) is 0 Å². The van der Waals surface area contributed by atoms with Crippen LogP contribution in [0.15, 0.2) is 65.7 Å². The van der Waals surface area contributed by atoms with Crippen molar-refractivity contribution in [2.24, 2.45) is 4.99 Å². The standard InChI is InChI=1S/C24H26NO2P/c1-17-13-19(3)23(27-16-26-4)22(14-17)28-24-18(2)9-8-10-20(24)15-25-21-11-6-5-7-12-21/h5-15,28H,16H2,1-4H3/b25-15+. The highest BCUT2D eigenvalue weighted by atomic mass is 31.1. The number of aliphatic imine (C=N–C) groups is 1. The van der Waals surface area contributed by atoms with Crippen LogP contribution in [0.25, 0.3) is 0 Å². The zero-order valence-corrected chi connectivity index (χ0v) is 17.8. The van der Waals surface area contributed by atoms with Gasteiger partial charge in [-0.2, -0.15) is 0 Å². The van der Waals surface area contributed by atoms with Crippen LogP contribution >= 0.6 is 8.58 Å².